The molecule has 7 nitrogen and oxygen atoms in total. The molecule has 1 atom stereocenters. The number of benzene rings is 1. The van der Waals surface area contributed by atoms with Gasteiger partial charge in [-0.15, -0.1) is 11.3 Å². The first-order valence-corrected chi connectivity index (χ1v) is 11.2. The number of amides is 1. The Balaban J connectivity index is 1.33. The number of ether oxygens (including phenoxy) is 2. The van der Waals surface area contributed by atoms with Crippen LogP contribution in [-0.4, -0.2) is 47.1 Å². The van der Waals surface area contributed by atoms with Crippen LogP contribution >= 0.6 is 11.3 Å². The number of aromatic nitrogens is 2. The summed E-state index contributed by atoms with van der Waals surface area (Å²) in [5.74, 6) is 1.60. The fourth-order valence-electron chi connectivity index (χ4n) is 3.40. The molecule has 31 heavy (non-hydrogen) atoms. The van der Waals surface area contributed by atoms with Crippen LogP contribution < -0.4 is 10.1 Å². The van der Waals surface area contributed by atoms with Crippen molar-refractivity contribution in [2.24, 2.45) is 0 Å². The van der Waals surface area contributed by atoms with Crippen molar-refractivity contribution in [3.8, 4) is 5.75 Å². The van der Waals surface area contributed by atoms with Crippen LogP contribution in [0.1, 0.15) is 29.5 Å². The predicted octanol–water partition coefficient (Wildman–Crippen LogP) is 4.27. The van der Waals surface area contributed by atoms with Gasteiger partial charge in [0.25, 0.3) is 0 Å². The summed E-state index contributed by atoms with van der Waals surface area (Å²) in [5.41, 5.74) is 2.83. The van der Waals surface area contributed by atoms with E-state index in [1.54, 1.807) is 0 Å². The van der Waals surface area contributed by atoms with E-state index in [0.29, 0.717) is 38.5 Å². The van der Waals surface area contributed by atoms with Crippen molar-refractivity contribution in [1.82, 2.24) is 14.9 Å². The molecule has 2 aromatic heterocycles. The lowest BCUT2D eigenvalue weighted by Gasteiger charge is -2.33. The number of carbonyl (C=O) groups is 1. The van der Waals surface area contributed by atoms with Crippen molar-refractivity contribution in [2.75, 3.05) is 31.6 Å². The Labute approximate surface area is 186 Å². The standard InChI is InChI=1S/C23H26N4O3S/c1-16-6-3-4-8-19(16)29-12-10-22(28)27-11-13-30-20(14-27)18-7-5-9-21(25-18)26-23-24-17(2)15-31-23/h3-9,15,20H,10-14H2,1-2H3,(H,24,25,26). The maximum Gasteiger partial charge on any atom is 0.226 e. The molecule has 162 valence electrons. The molecule has 1 N–H and O–H groups in total. The van der Waals surface area contributed by atoms with Crippen molar-refractivity contribution in [2.45, 2.75) is 26.4 Å². The highest BCUT2D eigenvalue weighted by molar-refractivity contribution is 7.13. The van der Waals surface area contributed by atoms with Gasteiger partial charge in [0.05, 0.1) is 37.6 Å². The lowest BCUT2D eigenvalue weighted by molar-refractivity contribution is -0.139. The van der Waals surface area contributed by atoms with Crippen molar-refractivity contribution < 1.29 is 14.3 Å². The first-order valence-electron chi connectivity index (χ1n) is 10.3. The second-order valence-electron chi connectivity index (χ2n) is 7.43. The monoisotopic (exact) mass is 438 g/mol. The third-order valence-electron chi connectivity index (χ3n) is 5.04. The largest absolute Gasteiger partial charge is 0.493 e. The number of aryl methyl sites for hydroxylation is 2. The van der Waals surface area contributed by atoms with Crippen LogP contribution in [-0.2, 0) is 9.53 Å². The summed E-state index contributed by atoms with van der Waals surface area (Å²) in [5, 5.41) is 6.02. The van der Waals surface area contributed by atoms with Gasteiger partial charge in [-0.05, 0) is 37.6 Å². The van der Waals surface area contributed by atoms with Gasteiger partial charge >= 0.3 is 0 Å². The highest BCUT2D eigenvalue weighted by Crippen LogP contribution is 2.25. The summed E-state index contributed by atoms with van der Waals surface area (Å²) in [7, 11) is 0. The Morgan fingerprint density at radius 3 is 2.90 bits per heavy atom. The molecule has 0 spiro atoms. The van der Waals surface area contributed by atoms with Crippen LogP contribution in [0.5, 0.6) is 5.75 Å². The molecule has 4 rings (SSSR count). The molecule has 3 heterocycles. The van der Waals surface area contributed by atoms with E-state index in [9.17, 15) is 4.79 Å². The zero-order valence-electron chi connectivity index (χ0n) is 17.7. The molecule has 1 unspecified atom stereocenters. The van der Waals surface area contributed by atoms with Crippen LogP contribution in [0, 0.1) is 13.8 Å². The number of nitrogens with zero attached hydrogens (tertiary/aromatic N) is 3. The van der Waals surface area contributed by atoms with Gasteiger partial charge in [-0.3, -0.25) is 4.79 Å². The van der Waals surface area contributed by atoms with Gasteiger partial charge in [-0.2, -0.15) is 0 Å². The fourth-order valence-corrected chi connectivity index (χ4v) is 4.10. The predicted molar refractivity (Wildman–Crippen MR) is 121 cm³/mol. The lowest BCUT2D eigenvalue weighted by Crippen LogP contribution is -2.42. The molecule has 8 heteroatoms. The quantitative estimate of drug-likeness (QED) is 0.594. The molecule has 3 aromatic rings. The van der Waals surface area contributed by atoms with Crippen LogP contribution in [0.3, 0.4) is 0 Å². The molecule has 1 aromatic carbocycles. The van der Waals surface area contributed by atoms with E-state index in [4.69, 9.17) is 9.47 Å². The number of hydrogen-bond acceptors (Lipinski definition) is 7. The minimum Gasteiger partial charge on any atom is -0.493 e. The second-order valence-corrected chi connectivity index (χ2v) is 8.29. The van der Waals surface area contributed by atoms with Gasteiger partial charge in [0.1, 0.15) is 17.7 Å². The molecule has 1 saturated heterocycles. The van der Waals surface area contributed by atoms with E-state index in [1.807, 2.05) is 66.6 Å². The number of morpholine rings is 1. The molecule has 1 aliphatic heterocycles. The van der Waals surface area contributed by atoms with Gasteiger partial charge in [-0.1, -0.05) is 24.3 Å². The minimum atomic E-state index is -0.255. The Kier molecular flexibility index (Phi) is 6.79. The lowest BCUT2D eigenvalue weighted by atomic mass is 10.1. The summed E-state index contributed by atoms with van der Waals surface area (Å²) in [6, 6.07) is 13.6. The van der Waals surface area contributed by atoms with Crippen molar-refractivity contribution >= 4 is 28.2 Å². The average Bonchev–Trinajstić information content (AvgIpc) is 3.19. The maximum atomic E-state index is 12.7. The van der Waals surface area contributed by atoms with Crippen LogP contribution in [0.2, 0.25) is 0 Å². The molecule has 1 fully saturated rings. The van der Waals surface area contributed by atoms with E-state index in [-0.39, 0.29) is 12.0 Å². The van der Waals surface area contributed by atoms with Gasteiger partial charge in [0.2, 0.25) is 5.91 Å². The maximum absolute atomic E-state index is 12.7. The number of para-hydroxylation sites is 1. The molecular weight excluding hydrogens is 412 g/mol. The molecular formula is C23H26N4O3S. The van der Waals surface area contributed by atoms with Crippen LogP contribution in [0.25, 0.3) is 0 Å². The average molecular weight is 439 g/mol. The number of pyridine rings is 1. The highest BCUT2D eigenvalue weighted by Gasteiger charge is 2.26. The highest BCUT2D eigenvalue weighted by atomic mass is 32.1. The molecule has 0 saturated carbocycles. The van der Waals surface area contributed by atoms with Crippen LogP contribution in [0.4, 0.5) is 10.9 Å². The van der Waals surface area contributed by atoms with Crippen LogP contribution in [0.15, 0.2) is 47.8 Å². The summed E-state index contributed by atoms with van der Waals surface area (Å²) in [6.07, 6.45) is 0.0780. The topological polar surface area (TPSA) is 76.6 Å². The third kappa shape index (κ3) is 5.59. The van der Waals surface area contributed by atoms with Crippen molar-refractivity contribution in [3.05, 3.63) is 64.8 Å². The summed E-state index contributed by atoms with van der Waals surface area (Å²) < 4.78 is 11.7. The van der Waals surface area contributed by atoms with Gasteiger partial charge in [0.15, 0.2) is 5.13 Å². The summed E-state index contributed by atoms with van der Waals surface area (Å²) >= 11 is 1.54. The van der Waals surface area contributed by atoms with Crippen molar-refractivity contribution in [1.29, 1.82) is 0 Å². The number of carbonyl (C=O) groups excluding carboxylic acids is 1. The number of rotatable bonds is 7. The van der Waals surface area contributed by atoms with E-state index < -0.39 is 0 Å². The Morgan fingerprint density at radius 2 is 2.10 bits per heavy atom. The SMILES string of the molecule is Cc1csc(Nc2cccc(C3CN(C(=O)CCOc4ccccc4C)CCO3)n2)n1. The smallest absolute Gasteiger partial charge is 0.226 e. The Bertz CT molecular complexity index is 1040. The van der Waals surface area contributed by atoms with E-state index >= 15 is 0 Å². The third-order valence-corrected chi connectivity index (χ3v) is 5.92. The van der Waals surface area contributed by atoms with Gasteiger partial charge in [-0.25, -0.2) is 9.97 Å². The molecule has 1 aliphatic rings. The normalized spacial score (nSPS) is 16.2. The zero-order valence-corrected chi connectivity index (χ0v) is 18.5. The first kappa shape index (κ1) is 21.3. The second kappa shape index (κ2) is 9.89. The van der Waals surface area contributed by atoms with E-state index in [0.717, 1.165) is 27.8 Å². The number of thiazole rings is 1. The molecule has 1 amide bonds. The zero-order chi connectivity index (χ0) is 21.6. The Hall–Kier alpha value is -2.97. The van der Waals surface area contributed by atoms with Crippen molar-refractivity contribution in [3.63, 3.8) is 0 Å². The minimum absolute atomic E-state index is 0.0643. The van der Waals surface area contributed by atoms with E-state index in [1.165, 1.54) is 11.3 Å². The van der Waals surface area contributed by atoms with E-state index in [2.05, 4.69) is 15.3 Å². The first-order chi connectivity index (χ1) is 15.1. The van der Waals surface area contributed by atoms with Gasteiger partial charge < -0.3 is 19.7 Å². The Morgan fingerprint density at radius 1 is 1.23 bits per heavy atom. The number of hydrogen-bond donors (Lipinski definition) is 1. The summed E-state index contributed by atoms with van der Waals surface area (Å²) in [6.45, 7) is 5.86. The summed E-state index contributed by atoms with van der Waals surface area (Å²) in [4.78, 5) is 23.6. The fraction of sp³-hybridized carbons (Fsp3) is 0.348. The van der Waals surface area contributed by atoms with Gasteiger partial charge in [0, 0.05) is 11.9 Å². The molecule has 0 aliphatic carbocycles. The molecule has 0 radical (unpaired) electrons. The molecule has 0 bridgehead atoms. The number of anilines is 2. The number of nitrogens with one attached hydrogen (secondary N) is 1.